The van der Waals surface area contributed by atoms with Gasteiger partial charge in [0.2, 0.25) is 0 Å². The minimum Gasteiger partial charge on any atom is -0.316 e. The maximum absolute atomic E-state index is 2.46. The van der Waals surface area contributed by atoms with Crippen molar-refractivity contribution in [3.05, 3.63) is 211 Å². The van der Waals surface area contributed by atoms with Crippen molar-refractivity contribution in [3.8, 4) is 33.6 Å². The minimum absolute atomic E-state index is 0.0969. The zero-order valence-corrected chi connectivity index (χ0v) is 31.4. The quantitative estimate of drug-likeness (QED) is 0.173. The van der Waals surface area contributed by atoms with Crippen LogP contribution in [0.5, 0.6) is 0 Å². The molecule has 3 nitrogen and oxygen atoms in total. The fraction of sp³-hybridized carbons (Fsp3) is 0.0566. The second-order valence-electron chi connectivity index (χ2n) is 15.4. The fourth-order valence-electron chi connectivity index (χ4n) is 9.21. The molecule has 8 aromatic carbocycles. The molecule has 0 atom stereocenters. The van der Waals surface area contributed by atoms with E-state index in [0.29, 0.717) is 0 Å². The molecule has 0 saturated carbocycles. The Hall–Kier alpha value is -7.10. The van der Waals surface area contributed by atoms with Gasteiger partial charge >= 0.3 is 0 Å². The van der Waals surface area contributed by atoms with E-state index in [9.17, 15) is 0 Å². The molecule has 11 rings (SSSR count). The molecule has 3 heterocycles. The third-order valence-electron chi connectivity index (χ3n) is 11.9. The molecule has 0 unspecified atom stereocenters. The lowest BCUT2D eigenvalue weighted by atomic mass is 9.73. The number of anilines is 3. The number of rotatable bonds is 5. The van der Waals surface area contributed by atoms with E-state index in [-0.39, 0.29) is 5.41 Å². The molecule has 56 heavy (non-hydrogen) atoms. The Kier molecular flexibility index (Phi) is 7.20. The summed E-state index contributed by atoms with van der Waals surface area (Å²) in [6.07, 6.45) is 2.24. The molecule has 0 aliphatic carbocycles. The van der Waals surface area contributed by atoms with E-state index in [1.807, 2.05) is 0 Å². The molecule has 0 fully saturated rings. The van der Waals surface area contributed by atoms with E-state index < -0.39 is 0 Å². The fourth-order valence-corrected chi connectivity index (χ4v) is 9.21. The molecule has 0 amide bonds. The molecule has 3 heteroatoms. The van der Waals surface area contributed by atoms with Crippen molar-refractivity contribution in [2.45, 2.75) is 19.3 Å². The van der Waals surface area contributed by atoms with Crippen molar-refractivity contribution < 1.29 is 0 Å². The highest BCUT2D eigenvalue weighted by molar-refractivity contribution is 6.18. The first kappa shape index (κ1) is 32.3. The summed E-state index contributed by atoms with van der Waals surface area (Å²) in [6, 6.07) is 70.9. The number of fused-ring (bicyclic) bond motifs is 7. The van der Waals surface area contributed by atoms with Crippen molar-refractivity contribution in [3.63, 3.8) is 0 Å². The molecule has 0 bridgehead atoms. The first-order valence-electron chi connectivity index (χ1n) is 19.4. The summed E-state index contributed by atoms with van der Waals surface area (Å²) in [5.41, 5.74) is 16.8. The number of nitrogens with zero attached hydrogens (tertiary/aromatic N) is 3. The van der Waals surface area contributed by atoms with Gasteiger partial charge in [-0.25, -0.2) is 0 Å². The van der Waals surface area contributed by atoms with Crippen LogP contribution in [0.1, 0.15) is 25.0 Å². The summed E-state index contributed by atoms with van der Waals surface area (Å²) in [5, 5.41) is 3.72. The summed E-state index contributed by atoms with van der Waals surface area (Å²) in [6.45, 7) is 4.67. The van der Waals surface area contributed by atoms with Crippen molar-refractivity contribution in [1.82, 2.24) is 9.13 Å². The number of hydrogen-bond donors (Lipinski definition) is 0. The van der Waals surface area contributed by atoms with Gasteiger partial charge < -0.3 is 14.0 Å². The molecule has 266 valence electrons. The largest absolute Gasteiger partial charge is 0.316 e. The Balaban J connectivity index is 1.08. The van der Waals surface area contributed by atoms with Crippen LogP contribution in [-0.4, -0.2) is 9.13 Å². The van der Waals surface area contributed by atoms with E-state index >= 15 is 0 Å². The monoisotopic (exact) mass is 717 g/mol. The van der Waals surface area contributed by atoms with Gasteiger partial charge in [0, 0.05) is 44.8 Å². The van der Waals surface area contributed by atoms with E-state index in [2.05, 4.69) is 228 Å². The highest BCUT2D eigenvalue weighted by Gasteiger charge is 2.36. The van der Waals surface area contributed by atoms with Gasteiger partial charge in [-0.2, -0.15) is 0 Å². The topological polar surface area (TPSA) is 13.1 Å². The Morgan fingerprint density at radius 1 is 0.375 bits per heavy atom. The van der Waals surface area contributed by atoms with Crippen molar-refractivity contribution >= 4 is 49.8 Å². The normalized spacial score (nSPS) is 13.3. The molecular formula is C53H39N3. The second-order valence-corrected chi connectivity index (χ2v) is 15.4. The third kappa shape index (κ3) is 4.91. The van der Waals surface area contributed by atoms with Gasteiger partial charge in [-0.05, 0) is 106 Å². The summed E-state index contributed by atoms with van der Waals surface area (Å²) >= 11 is 0. The van der Waals surface area contributed by atoms with Crippen molar-refractivity contribution in [2.24, 2.45) is 0 Å². The van der Waals surface area contributed by atoms with Crippen molar-refractivity contribution in [2.75, 3.05) is 4.90 Å². The summed E-state index contributed by atoms with van der Waals surface area (Å²) in [4.78, 5) is 2.43. The van der Waals surface area contributed by atoms with Crippen molar-refractivity contribution in [1.29, 1.82) is 0 Å². The molecule has 0 spiro atoms. The second kappa shape index (κ2) is 12.5. The number of hydrogen-bond acceptors (Lipinski definition) is 1. The van der Waals surface area contributed by atoms with Crippen LogP contribution in [0.4, 0.5) is 17.1 Å². The highest BCUT2D eigenvalue weighted by Crippen LogP contribution is 2.51. The molecule has 0 N–H and O–H groups in total. The summed E-state index contributed by atoms with van der Waals surface area (Å²) in [5.74, 6) is 0. The highest BCUT2D eigenvalue weighted by atomic mass is 15.2. The first-order chi connectivity index (χ1) is 27.5. The van der Waals surface area contributed by atoms with Gasteiger partial charge in [0.15, 0.2) is 0 Å². The molecule has 10 aromatic rings. The van der Waals surface area contributed by atoms with Crippen LogP contribution in [0.3, 0.4) is 0 Å². The molecule has 0 radical (unpaired) electrons. The molecular weight excluding hydrogens is 679 g/mol. The van der Waals surface area contributed by atoms with Gasteiger partial charge in [0.25, 0.3) is 0 Å². The molecule has 1 aliphatic heterocycles. The maximum Gasteiger partial charge on any atom is 0.0635 e. The van der Waals surface area contributed by atoms with Gasteiger partial charge in [-0.3, -0.25) is 0 Å². The average Bonchev–Trinajstić information content (AvgIpc) is 3.84. The third-order valence-corrected chi connectivity index (χ3v) is 11.9. The van der Waals surface area contributed by atoms with Crippen LogP contribution in [0.25, 0.3) is 66.3 Å². The Morgan fingerprint density at radius 2 is 0.929 bits per heavy atom. The zero-order valence-electron chi connectivity index (χ0n) is 31.4. The lowest BCUT2D eigenvalue weighted by Crippen LogP contribution is -2.30. The molecule has 0 saturated heterocycles. The van der Waals surface area contributed by atoms with Gasteiger partial charge in [-0.15, -0.1) is 0 Å². The van der Waals surface area contributed by atoms with E-state index in [1.54, 1.807) is 0 Å². The zero-order chi connectivity index (χ0) is 37.4. The predicted molar refractivity (Wildman–Crippen MR) is 235 cm³/mol. The van der Waals surface area contributed by atoms with Gasteiger partial charge in [-0.1, -0.05) is 135 Å². The van der Waals surface area contributed by atoms with Crippen LogP contribution in [-0.2, 0) is 5.41 Å². The number of aromatic nitrogens is 2. The van der Waals surface area contributed by atoms with Gasteiger partial charge in [0.1, 0.15) is 0 Å². The lowest BCUT2D eigenvalue weighted by Gasteiger charge is -2.42. The number of benzene rings is 8. The lowest BCUT2D eigenvalue weighted by molar-refractivity contribution is 0.632. The predicted octanol–water partition coefficient (Wildman–Crippen LogP) is 14.2. The van der Waals surface area contributed by atoms with E-state index in [4.69, 9.17) is 0 Å². The van der Waals surface area contributed by atoms with Crippen LogP contribution in [0.2, 0.25) is 0 Å². The van der Waals surface area contributed by atoms with E-state index in [1.165, 1.54) is 77.5 Å². The SMILES string of the molecule is CC1(C)c2ccccc2N(c2ccc(-n3c4ccccc4c4ccc5c(ccn5-c5cc(-c6ccccc6)cc(-c6ccccc6)c5)c43)cc2)c2ccccc21. The standard InChI is InChI=1S/C53H39N3/c1-53(2)46-20-10-13-23-50(46)55(51-24-14-11-21-47(51)53)40-25-27-41(28-26-40)56-49-22-12-9-19-43(49)44-29-30-48-45(52(44)56)31-32-54(48)42-34-38(36-15-5-3-6-16-36)33-39(35-42)37-17-7-4-8-18-37/h3-35H,1-2H3. The molecule has 1 aliphatic rings. The summed E-state index contributed by atoms with van der Waals surface area (Å²) in [7, 11) is 0. The van der Waals surface area contributed by atoms with Crippen LogP contribution < -0.4 is 4.90 Å². The summed E-state index contributed by atoms with van der Waals surface area (Å²) < 4.78 is 4.81. The van der Waals surface area contributed by atoms with Crippen LogP contribution in [0.15, 0.2) is 200 Å². The first-order valence-corrected chi connectivity index (χ1v) is 19.4. The van der Waals surface area contributed by atoms with Crippen LogP contribution >= 0.6 is 0 Å². The average molecular weight is 718 g/mol. The number of para-hydroxylation sites is 3. The van der Waals surface area contributed by atoms with Gasteiger partial charge in [0.05, 0.1) is 27.9 Å². The minimum atomic E-state index is -0.0969. The smallest absolute Gasteiger partial charge is 0.0635 e. The van der Waals surface area contributed by atoms with Crippen LogP contribution in [0, 0.1) is 0 Å². The Bertz CT molecular complexity index is 2990. The Morgan fingerprint density at radius 3 is 1.57 bits per heavy atom. The van der Waals surface area contributed by atoms with E-state index in [0.717, 1.165) is 17.1 Å². The molecule has 2 aromatic heterocycles. The maximum atomic E-state index is 2.46. The Labute approximate surface area is 327 Å².